The third-order valence-corrected chi connectivity index (χ3v) is 2.35. The molecule has 0 saturated carbocycles. The van der Waals surface area contributed by atoms with Gasteiger partial charge in [0, 0.05) is 25.0 Å². The predicted molar refractivity (Wildman–Crippen MR) is 65.9 cm³/mol. The number of nitrogens with zero attached hydrogens (tertiary/aromatic N) is 1. The zero-order valence-electron chi connectivity index (χ0n) is 9.90. The fraction of sp³-hybridized carbons (Fsp3) is 0.417. The third-order valence-electron chi connectivity index (χ3n) is 2.35. The first-order chi connectivity index (χ1) is 7.41. The Morgan fingerprint density at radius 3 is 2.56 bits per heavy atom. The molecule has 0 fully saturated rings. The molecule has 0 unspecified atom stereocenters. The lowest BCUT2D eigenvalue weighted by molar-refractivity contribution is 0.0698. The van der Waals surface area contributed by atoms with Gasteiger partial charge in [0.25, 0.3) is 0 Å². The highest BCUT2D eigenvalue weighted by molar-refractivity contribution is 5.94. The number of benzene rings is 1. The molecule has 1 rings (SSSR count). The van der Waals surface area contributed by atoms with Crippen molar-refractivity contribution in [2.75, 3.05) is 24.2 Å². The zero-order valence-corrected chi connectivity index (χ0v) is 9.90. The first kappa shape index (κ1) is 12.4. The number of hydrogen-bond acceptors (Lipinski definition) is 3. The smallest absolute Gasteiger partial charge is 0.337 e. The average molecular weight is 222 g/mol. The van der Waals surface area contributed by atoms with Gasteiger partial charge in [0.1, 0.15) is 0 Å². The van der Waals surface area contributed by atoms with Crippen molar-refractivity contribution >= 4 is 17.3 Å². The van der Waals surface area contributed by atoms with Gasteiger partial charge in [-0.2, -0.15) is 0 Å². The summed E-state index contributed by atoms with van der Waals surface area (Å²) in [5.74, 6) is -0.444. The second kappa shape index (κ2) is 4.88. The summed E-state index contributed by atoms with van der Waals surface area (Å²) < 4.78 is 0. The van der Waals surface area contributed by atoms with E-state index in [4.69, 9.17) is 10.8 Å². The van der Waals surface area contributed by atoms with E-state index in [2.05, 4.69) is 18.7 Å². The molecule has 4 heteroatoms. The predicted octanol–water partition coefficient (Wildman–Crippen LogP) is 2.06. The molecule has 1 aromatic rings. The van der Waals surface area contributed by atoms with Gasteiger partial charge >= 0.3 is 5.97 Å². The van der Waals surface area contributed by atoms with E-state index in [0.717, 1.165) is 12.2 Å². The number of hydrogen-bond donors (Lipinski definition) is 2. The van der Waals surface area contributed by atoms with Crippen LogP contribution in [0, 0.1) is 5.92 Å². The van der Waals surface area contributed by atoms with Crippen molar-refractivity contribution in [2.45, 2.75) is 13.8 Å². The SMILES string of the molecule is CC(C)CN(C)c1ccc(C(=O)O)c(N)c1. The Kier molecular flexibility index (Phi) is 3.77. The van der Waals surface area contributed by atoms with Crippen molar-refractivity contribution in [2.24, 2.45) is 5.92 Å². The number of aromatic carboxylic acids is 1. The van der Waals surface area contributed by atoms with Crippen LogP contribution in [0.1, 0.15) is 24.2 Å². The standard InChI is InChI=1S/C12H18N2O2/c1-8(2)7-14(3)9-4-5-10(12(15)16)11(13)6-9/h4-6,8H,7,13H2,1-3H3,(H,15,16). The van der Waals surface area contributed by atoms with Gasteiger partial charge in [-0.1, -0.05) is 13.8 Å². The summed E-state index contributed by atoms with van der Waals surface area (Å²) in [6.07, 6.45) is 0. The number of carboxylic acid groups (broad SMARTS) is 1. The van der Waals surface area contributed by atoms with Crippen molar-refractivity contribution in [3.63, 3.8) is 0 Å². The van der Waals surface area contributed by atoms with Crippen molar-refractivity contribution in [1.82, 2.24) is 0 Å². The summed E-state index contributed by atoms with van der Waals surface area (Å²) in [5, 5.41) is 8.85. The minimum absolute atomic E-state index is 0.154. The van der Waals surface area contributed by atoms with Crippen LogP contribution < -0.4 is 10.6 Å². The van der Waals surface area contributed by atoms with Crippen LogP contribution >= 0.6 is 0 Å². The van der Waals surface area contributed by atoms with E-state index in [0.29, 0.717) is 11.6 Å². The molecule has 0 amide bonds. The van der Waals surface area contributed by atoms with E-state index >= 15 is 0 Å². The van der Waals surface area contributed by atoms with Gasteiger partial charge in [0.05, 0.1) is 5.56 Å². The number of carbonyl (C=O) groups is 1. The van der Waals surface area contributed by atoms with Crippen molar-refractivity contribution in [3.8, 4) is 0 Å². The van der Waals surface area contributed by atoms with Gasteiger partial charge in [-0.05, 0) is 24.1 Å². The van der Waals surface area contributed by atoms with E-state index < -0.39 is 5.97 Å². The van der Waals surface area contributed by atoms with Gasteiger partial charge in [0.2, 0.25) is 0 Å². The summed E-state index contributed by atoms with van der Waals surface area (Å²) in [6, 6.07) is 5.03. The molecule has 1 aromatic carbocycles. The van der Waals surface area contributed by atoms with E-state index in [1.165, 1.54) is 0 Å². The molecule has 0 aliphatic rings. The Bertz CT molecular complexity index is 389. The number of anilines is 2. The number of nitrogens with two attached hydrogens (primary N) is 1. The van der Waals surface area contributed by atoms with Crippen LogP contribution in [0.25, 0.3) is 0 Å². The summed E-state index contributed by atoms with van der Waals surface area (Å²) in [7, 11) is 1.97. The van der Waals surface area contributed by atoms with Gasteiger partial charge in [0.15, 0.2) is 0 Å². The highest BCUT2D eigenvalue weighted by atomic mass is 16.4. The second-order valence-corrected chi connectivity index (χ2v) is 4.35. The monoisotopic (exact) mass is 222 g/mol. The summed E-state index contributed by atoms with van der Waals surface area (Å²) >= 11 is 0. The molecule has 3 N–H and O–H groups in total. The highest BCUT2D eigenvalue weighted by Crippen LogP contribution is 2.21. The summed E-state index contributed by atoms with van der Waals surface area (Å²) in [4.78, 5) is 12.8. The third kappa shape index (κ3) is 2.89. The molecule has 0 spiro atoms. The Morgan fingerprint density at radius 2 is 2.12 bits per heavy atom. The van der Waals surface area contributed by atoms with E-state index in [-0.39, 0.29) is 5.56 Å². The molecule has 0 aromatic heterocycles. The van der Waals surface area contributed by atoms with Crippen LogP contribution in [0.2, 0.25) is 0 Å². The summed E-state index contributed by atoms with van der Waals surface area (Å²) in [5.41, 5.74) is 7.08. The molecule has 0 aliphatic carbocycles. The van der Waals surface area contributed by atoms with E-state index in [9.17, 15) is 4.79 Å². The molecule has 0 radical (unpaired) electrons. The minimum atomic E-state index is -0.990. The molecule has 16 heavy (non-hydrogen) atoms. The number of carboxylic acids is 1. The van der Waals surface area contributed by atoms with Crippen molar-refractivity contribution in [3.05, 3.63) is 23.8 Å². The molecule has 0 aliphatic heterocycles. The lowest BCUT2D eigenvalue weighted by Crippen LogP contribution is -2.22. The maximum Gasteiger partial charge on any atom is 0.337 e. The van der Waals surface area contributed by atoms with Gasteiger partial charge in [-0.3, -0.25) is 0 Å². The van der Waals surface area contributed by atoms with Gasteiger partial charge in [-0.25, -0.2) is 4.79 Å². The molecular formula is C12H18N2O2. The van der Waals surface area contributed by atoms with Crippen molar-refractivity contribution in [1.29, 1.82) is 0 Å². The lowest BCUT2D eigenvalue weighted by Gasteiger charge is -2.22. The second-order valence-electron chi connectivity index (χ2n) is 4.35. The maximum absolute atomic E-state index is 10.8. The first-order valence-electron chi connectivity index (χ1n) is 5.25. The normalized spacial score (nSPS) is 10.5. The fourth-order valence-electron chi connectivity index (χ4n) is 1.64. The molecule has 4 nitrogen and oxygen atoms in total. The van der Waals surface area contributed by atoms with Gasteiger partial charge in [-0.15, -0.1) is 0 Å². The number of rotatable bonds is 4. The molecule has 0 saturated heterocycles. The van der Waals surface area contributed by atoms with E-state index in [1.54, 1.807) is 18.2 Å². The van der Waals surface area contributed by atoms with Crippen molar-refractivity contribution < 1.29 is 9.90 Å². The zero-order chi connectivity index (χ0) is 12.3. The van der Waals surface area contributed by atoms with Gasteiger partial charge < -0.3 is 15.7 Å². The van der Waals surface area contributed by atoms with Crippen LogP contribution in [-0.2, 0) is 0 Å². The Morgan fingerprint density at radius 1 is 1.50 bits per heavy atom. The molecule has 88 valence electrons. The minimum Gasteiger partial charge on any atom is -0.478 e. The Hall–Kier alpha value is -1.71. The quantitative estimate of drug-likeness (QED) is 0.765. The van der Waals surface area contributed by atoms with Crippen LogP contribution in [-0.4, -0.2) is 24.7 Å². The Balaban J connectivity index is 2.92. The first-order valence-corrected chi connectivity index (χ1v) is 5.25. The topological polar surface area (TPSA) is 66.6 Å². The molecule has 0 atom stereocenters. The highest BCUT2D eigenvalue weighted by Gasteiger charge is 2.10. The Labute approximate surface area is 95.7 Å². The maximum atomic E-state index is 10.8. The largest absolute Gasteiger partial charge is 0.478 e. The van der Waals surface area contributed by atoms with Crippen LogP contribution in [0.5, 0.6) is 0 Å². The number of nitrogen functional groups attached to an aromatic ring is 1. The lowest BCUT2D eigenvalue weighted by atomic mass is 10.1. The van der Waals surface area contributed by atoms with Crippen LogP contribution in [0.3, 0.4) is 0 Å². The van der Waals surface area contributed by atoms with E-state index in [1.807, 2.05) is 7.05 Å². The average Bonchev–Trinajstić information content (AvgIpc) is 2.15. The van der Waals surface area contributed by atoms with Crippen LogP contribution in [0.15, 0.2) is 18.2 Å². The van der Waals surface area contributed by atoms with Crippen LogP contribution in [0.4, 0.5) is 11.4 Å². The molecular weight excluding hydrogens is 204 g/mol. The fourth-order valence-corrected chi connectivity index (χ4v) is 1.64. The summed E-state index contributed by atoms with van der Waals surface area (Å²) in [6.45, 7) is 5.17. The molecule has 0 heterocycles. The molecule has 0 bridgehead atoms.